The number of carbonyl (C=O) groups is 2. The van der Waals surface area contributed by atoms with Gasteiger partial charge in [0.1, 0.15) is 0 Å². The van der Waals surface area contributed by atoms with Crippen LogP contribution in [0.2, 0.25) is 0 Å². The van der Waals surface area contributed by atoms with Gasteiger partial charge in [0.15, 0.2) is 0 Å². The van der Waals surface area contributed by atoms with Crippen molar-refractivity contribution < 1.29 is 14.3 Å². The molecule has 2 aliphatic rings. The molecular weight excluding hydrogens is 318 g/mol. The fourth-order valence-corrected chi connectivity index (χ4v) is 4.02. The van der Waals surface area contributed by atoms with E-state index in [0.717, 1.165) is 37.8 Å². The average molecular weight is 345 g/mol. The van der Waals surface area contributed by atoms with Gasteiger partial charge in [0.05, 0.1) is 17.6 Å². The number of likely N-dealkylation sites (tertiary alicyclic amines) is 2. The van der Waals surface area contributed by atoms with Crippen molar-refractivity contribution in [3.8, 4) is 0 Å². The van der Waals surface area contributed by atoms with E-state index in [1.165, 1.54) is 0 Å². The van der Waals surface area contributed by atoms with Crippen molar-refractivity contribution in [1.82, 2.24) is 14.8 Å². The van der Waals surface area contributed by atoms with Crippen molar-refractivity contribution >= 4 is 11.8 Å². The summed E-state index contributed by atoms with van der Waals surface area (Å²) in [6, 6.07) is 1.88. The Morgan fingerprint density at radius 1 is 1.24 bits per heavy atom. The molecule has 2 amide bonds. The van der Waals surface area contributed by atoms with Gasteiger partial charge in [-0.25, -0.2) is 0 Å². The maximum absolute atomic E-state index is 12.9. The van der Waals surface area contributed by atoms with Gasteiger partial charge in [-0.05, 0) is 44.2 Å². The first-order chi connectivity index (χ1) is 12.1. The topological polar surface area (TPSA) is 62.7 Å². The molecule has 0 saturated carbocycles. The molecule has 3 heterocycles. The predicted octanol–water partition coefficient (Wildman–Crippen LogP) is 1.88. The summed E-state index contributed by atoms with van der Waals surface area (Å²) in [5.41, 5.74) is 1.33. The second kappa shape index (κ2) is 7.52. The summed E-state index contributed by atoms with van der Waals surface area (Å²) in [6.07, 6.45) is 6.76. The monoisotopic (exact) mass is 345 g/mol. The van der Waals surface area contributed by atoms with Crippen LogP contribution in [0.3, 0.4) is 0 Å². The zero-order valence-corrected chi connectivity index (χ0v) is 15.2. The van der Waals surface area contributed by atoms with Gasteiger partial charge in [0.2, 0.25) is 5.91 Å². The Morgan fingerprint density at radius 3 is 2.80 bits per heavy atom. The van der Waals surface area contributed by atoms with Crippen LogP contribution in [0.15, 0.2) is 18.5 Å². The number of aromatic nitrogens is 1. The summed E-state index contributed by atoms with van der Waals surface area (Å²) in [7, 11) is 1.66. The number of hydrogen-bond donors (Lipinski definition) is 0. The summed E-state index contributed by atoms with van der Waals surface area (Å²) in [5.74, 6) is 0.269. The average Bonchev–Trinajstić information content (AvgIpc) is 2.79. The Hall–Kier alpha value is -1.95. The van der Waals surface area contributed by atoms with E-state index in [2.05, 4.69) is 4.98 Å². The molecule has 0 unspecified atom stereocenters. The summed E-state index contributed by atoms with van der Waals surface area (Å²) >= 11 is 0. The van der Waals surface area contributed by atoms with Gasteiger partial charge in [0.25, 0.3) is 5.91 Å². The lowest BCUT2D eigenvalue weighted by Gasteiger charge is -2.26. The molecule has 2 saturated heterocycles. The van der Waals surface area contributed by atoms with Crippen LogP contribution in [0.5, 0.6) is 0 Å². The summed E-state index contributed by atoms with van der Waals surface area (Å²) in [5, 5.41) is 0. The summed E-state index contributed by atoms with van der Waals surface area (Å²) in [6.45, 7) is 5.32. The van der Waals surface area contributed by atoms with Gasteiger partial charge < -0.3 is 14.5 Å². The lowest BCUT2D eigenvalue weighted by molar-refractivity contribution is -0.137. The number of rotatable bonds is 4. The fourth-order valence-electron chi connectivity index (χ4n) is 4.02. The van der Waals surface area contributed by atoms with Gasteiger partial charge in [-0.1, -0.05) is 0 Å². The van der Waals surface area contributed by atoms with E-state index >= 15 is 0 Å². The minimum atomic E-state index is -0.284. The number of ether oxygens (including phenoxy) is 1. The Labute approximate surface area is 149 Å². The Kier molecular flexibility index (Phi) is 5.37. The second-order valence-electron chi connectivity index (χ2n) is 7.21. The van der Waals surface area contributed by atoms with E-state index in [1.807, 2.05) is 22.8 Å². The number of pyridine rings is 1. The van der Waals surface area contributed by atoms with Crippen molar-refractivity contribution in [2.24, 2.45) is 5.41 Å². The van der Waals surface area contributed by atoms with Gasteiger partial charge in [-0.2, -0.15) is 0 Å². The van der Waals surface area contributed by atoms with Crippen LogP contribution in [0, 0.1) is 12.3 Å². The number of carbonyl (C=O) groups excluding carboxylic acids is 2. The maximum Gasteiger partial charge on any atom is 0.255 e. The molecule has 25 heavy (non-hydrogen) atoms. The third-order valence-corrected chi connectivity index (χ3v) is 5.52. The van der Waals surface area contributed by atoms with Gasteiger partial charge >= 0.3 is 0 Å². The lowest BCUT2D eigenvalue weighted by Crippen LogP contribution is -2.37. The molecule has 2 aliphatic heterocycles. The molecule has 1 atom stereocenters. The zero-order chi connectivity index (χ0) is 17.9. The molecule has 6 heteroatoms. The SMILES string of the molecule is COCCN1CC[C@]2(CCCN(C(=O)c3cncc(C)c3)CC2)C1=O. The van der Waals surface area contributed by atoms with E-state index < -0.39 is 0 Å². The normalized spacial score (nSPS) is 24.0. The van der Waals surface area contributed by atoms with Crippen LogP contribution in [0.4, 0.5) is 0 Å². The van der Waals surface area contributed by atoms with E-state index in [-0.39, 0.29) is 17.2 Å². The van der Waals surface area contributed by atoms with Crippen molar-refractivity contribution in [3.05, 3.63) is 29.6 Å². The molecule has 0 N–H and O–H groups in total. The lowest BCUT2D eigenvalue weighted by atomic mass is 9.79. The third-order valence-electron chi connectivity index (χ3n) is 5.52. The van der Waals surface area contributed by atoms with Crippen LogP contribution in [-0.4, -0.2) is 66.5 Å². The summed E-state index contributed by atoms with van der Waals surface area (Å²) in [4.78, 5) is 33.6. The third kappa shape index (κ3) is 3.68. The second-order valence-corrected chi connectivity index (χ2v) is 7.21. The quantitative estimate of drug-likeness (QED) is 0.836. The number of methoxy groups -OCH3 is 1. The van der Waals surface area contributed by atoms with E-state index in [4.69, 9.17) is 4.74 Å². The van der Waals surface area contributed by atoms with E-state index in [1.54, 1.807) is 19.5 Å². The molecule has 3 rings (SSSR count). The zero-order valence-electron chi connectivity index (χ0n) is 15.2. The van der Waals surface area contributed by atoms with Crippen LogP contribution in [0.25, 0.3) is 0 Å². The van der Waals surface area contributed by atoms with Crippen LogP contribution in [-0.2, 0) is 9.53 Å². The van der Waals surface area contributed by atoms with Crippen molar-refractivity contribution in [2.75, 3.05) is 39.9 Å². The highest BCUT2D eigenvalue weighted by molar-refractivity contribution is 5.94. The molecule has 2 fully saturated rings. The molecule has 0 aliphatic carbocycles. The van der Waals surface area contributed by atoms with Crippen molar-refractivity contribution in [2.45, 2.75) is 32.6 Å². The van der Waals surface area contributed by atoms with Gasteiger partial charge in [-0.3, -0.25) is 14.6 Å². The Balaban J connectivity index is 1.66. The first kappa shape index (κ1) is 17.9. The molecule has 0 bridgehead atoms. The Morgan fingerprint density at radius 2 is 2.04 bits per heavy atom. The highest BCUT2D eigenvalue weighted by atomic mass is 16.5. The van der Waals surface area contributed by atoms with E-state index in [0.29, 0.717) is 31.8 Å². The minimum absolute atomic E-state index is 0.0231. The molecule has 136 valence electrons. The first-order valence-corrected chi connectivity index (χ1v) is 9.05. The maximum atomic E-state index is 12.9. The molecule has 1 aromatic heterocycles. The number of nitrogens with zero attached hydrogens (tertiary/aromatic N) is 3. The van der Waals surface area contributed by atoms with Gasteiger partial charge in [0, 0.05) is 45.7 Å². The smallest absolute Gasteiger partial charge is 0.255 e. The Bertz CT molecular complexity index is 649. The first-order valence-electron chi connectivity index (χ1n) is 9.05. The molecule has 1 aromatic rings. The van der Waals surface area contributed by atoms with Crippen LogP contribution in [0.1, 0.15) is 41.6 Å². The van der Waals surface area contributed by atoms with E-state index in [9.17, 15) is 9.59 Å². The standard InChI is InChI=1S/C19H27N3O3/c1-15-12-16(14-20-13-15)17(23)21-7-3-4-19(5-8-21)6-9-22(18(19)24)10-11-25-2/h12-14H,3-11H2,1-2H3/t19-/m1/s1. The fraction of sp³-hybridized carbons (Fsp3) is 0.632. The van der Waals surface area contributed by atoms with Crippen LogP contribution < -0.4 is 0 Å². The minimum Gasteiger partial charge on any atom is -0.383 e. The largest absolute Gasteiger partial charge is 0.383 e. The highest BCUT2D eigenvalue weighted by Gasteiger charge is 2.47. The highest BCUT2D eigenvalue weighted by Crippen LogP contribution is 2.41. The van der Waals surface area contributed by atoms with Crippen molar-refractivity contribution in [1.29, 1.82) is 0 Å². The molecule has 1 spiro atoms. The summed E-state index contributed by atoms with van der Waals surface area (Å²) < 4.78 is 5.11. The van der Waals surface area contributed by atoms with Crippen LogP contribution >= 0.6 is 0 Å². The molecule has 0 aromatic carbocycles. The number of hydrogen-bond acceptors (Lipinski definition) is 4. The molecule has 0 radical (unpaired) electrons. The molecular formula is C19H27N3O3. The van der Waals surface area contributed by atoms with Gasteiger partial charge in [-0.15, -0.1) is 0 Å². The number of aryl methyl sites for hydroxylation is 1. The predicted molar refractivity (Wildman–Crippen MR) is 94.2 cm³/mol. The molecule has 6 nitrogen and oxygen atoms in total. The number of amides is 2. The van der Waals surface area contributed by atoms with Crippen molar-refractivity contribution in [3.63, 3.8) is 0 Å².